The summed E-state index contributed by atoms with van der Waals surface area (Å²) in [5.41, 5.74) is 1.90. The molecule has 0 saturated heterocycles. The first kappa shape index (κ1) is 10.9. The van der Waals surface area contributed by atoms with Crippen LogP contribution in [0.5, 0.6) is 0 Å². The molecule has 3 nitrogen and oxygen atoms in total. The molecule has 1 aliphatic heterocycles. The standard InChI is InChI=1S/C13H16N2O/c1-9-6-11-12(16)15(3)5-4-13(11,8-14)7-10(9)2/h4-5,11H,6-7H2,1-3H3/t11-,13+/m1/s1. The monoisotopic (exact) mass is 216 g/mol. The van der Waals surface area contributed by atoms with Crippen LogP contribution >= 0.6 is 0 Å². The Labute approximate surface area is 96.0 Å². The van der Waals surface area contributed by atoms with Crippen molar-refractivity contribution in [2.45, 2.75) is 26.7 Å². The Bertz CT molecular complexity index is 441. The summed E-state index contributed by atoms with van der Waals surface area (Å²) >= 11 is 0. The maximum Gasteiger partial charge on any atom is 0.231 e. The molecule has 84 valence electrons. The van der Waals surface area contributed by atoms with Gasteiger partial charge < -0.3 is 4.90 Å². The first-order valence-corrected chi connectivity index (χ1v) is 5.53. The van der Waals surface area contributed by atoms with E-state index in [0.29, 0.717) is 12.8 Å². The van der Waals surface area contributed by atoms with Crippen molar-refractivity contribution >= 4 is 5.91 Å². The molecule has 0 saturated carbocycles. The van der Waals surface area contributed by atoms with Crippen molar-refractivity contribution in [1.82, 2.24) is 4.90 Å². The number of hydrogen-bond acceptors (Lipinski definition) is 2. The van der Waals surface area contributed by atoms with Crippen molar-refractivity contribution < 1.29 is 4.79 Å². The quantitative estimate of drug-likeness (QED) is 0.583. The van der Waals surface area contributed by atoms with Gasteiger partial charge in [0.25, 0.3) is 0 Å². The van der Waals surface area contributed by atoms with Crippen LogP contribution in [0.4, 0.5) is 0 Å². The Morgan fingerprint density at radius 1 is 1.50 bits per heavy atom. The molecule has 0 aromatic carbocycles. The van der Waals surface area contributed by atoms with Crippen LogP contribution < -0.4 is 0 Å². The van der Waals surface area contributed by atoms with Gasteiger partial charge in [-0.2, -0.15) is 5.26 Å². The van der Waals surface area contributed by atoms with Crippen LogP contribution in [0.2, 0.25) is 0 Å². The van der Waals surface area contributed by atoms with E-state index in [-0.39, 0.29) is 11.8 Å². The number of rotatable bonds is 0. The molecule has 0 radical (unpaired) electrons. The van der Waals surface area contributed by atoms with Gasteiger partial charge in [-0.3, -0.25) is 4.79 Å². The largest absolute Gasteiger partial charge is 0.322 e. The summed E-state index contributed by atoms with van der Waals surface area (Å²) in [6, 6.07) is 2.35. The number of carbonyl (C=O) groups is 1. The zero-order valence-corrected chi connectivity index (χ0v) is 9.95. The van der Waals surface area contributed by atoms with Gasteiger partial charge in [-0.15, -0.1) is 0 Å². The van der Waals surface area contributed by atoms with E-state index in [2.05, 4.69) is 19.9 Å². The van der Waals surface area contributed by atoms with Crippen molar-refractivity contribution in [3.05, 3.63) is 23.4 Å². The first-order chi connectivity index (χ1) is 7.50. The number of allylic oxidation sites excluding steroid dienone is 3. The van der Waals surface area contributed by atoms with Crippen LogP contribution in [0.3, 0.4) is 0 Å². The van der Waals surface area contributed by atoms with E-state index in [4.69, 9.17) is 0 Å². The molecular formula is C13H16N2O. The normalized spacial score (nSPS) is 33.8. The zero-order chi connectivity index (χ0) is 11.9. The maximum absolute atomic E-state index is 12.1. The molecule has 0 bridgehead atoms. The lowest BCUT2D eigenvalue weighted by Crippen LogP contribution is -2.45. The summed E-state index contributed by atoms with van der Waals surface area (Å²) in [5.74, 6) is -0.132. The number of amides is 1. The summed E-state index contributed by atoms with van der Waals surface area (Å²) in [6.07, 6.45) is 5.04. The molecule has 0 fully saturated rings. The Morgan fingerprint density at radius 3 is 2.81 bits per heavy atom. The molecule has 0 unspecified atom stereocenters. The SMILES string of the molecule is CC1=C(C)C[C@]2(C#N)C=CN(C)C(=O)[C@H]2C1. The van der Waals surface area contributed by atoms with Crippen molar-refractivity contribution in [2.24, 2.45) is 11.3 Å². The van der Waals surface area contributed by atoms with Gasteiger partial charge in [0.2, 0.25) is 5.91 Å². The third kappa shape index (κ3) is 1.37. The lowest BCUT2D eigenvalue weighted by atomic mass is 9.64. The molecule has 2 rings (SSSR count). The minimum atomic E-state index is -0.604. The molecule has 1 amide bonds. The minimum Gasteiger partial charge on any atom is -0.322 e. The van der Waals surface area contributed by atoms with E-state index in [1.807, 2.05) is 6.08 Å². The second-order valence-electron chi connectivity index (χ2n) is 4.91. The lowest BCUT2D eigenvalue weighted by Gasteiger charge is -2.41. The van der Waals surface area contributed by atoms with Gasteiger partial charge in [0, 0.05) is 13.2 Å². The first-order valence-electron chi connectivity index (χ1n) is 5.53. The van der Waals surface area contributed by atoms with E-state index in [1.165, 1.54) is 11.1 Å². The van der Waals surface area contributed by atoms with Gasteiger partial charge >= 0.3 is 0 Å². The van der Waals surface area contributed by atoms with Crippen LogP contribution in [-0.2, 0) is 4.79 Å². The minimum absolute atomic E-state index is 0.0656. The summed E-state index contributed by atoms with van der Waals surface area (Å²) in [4.78, 5) is 13.7. The molecule has 2 aliphatic rings. The number of nitriles is 1. The summed E-state index contributed by atoms with van der Waals surface area (Å²) in [6.45, 7) is 4.11. The van der Waals surface area contributed by atoms with Gasteiger partial charge in [-0.1, -0.05) is 11.1 Å². The van der Waals surface area contributed by atoms with Crippen molar-refractivity contribution in [3.63, 3.8) is 0 Å². The number of carbonyl (C=O) groups excluding carboxylic acids is 1. The van der Waals surface area contributed by atoms with E-state index >= 15 is 0 Å². The van der Waals surface area contributed by atoms with Crippen LogP contribution in [0.25, 0.3) is 0 Å². The average molecular weight is 216 g/mol. The molecule has 1 heterocycles. The third-order valence-electron chi connectivity index (χ3n) is 3.87. The van der Waals surface area contributed by atoms with Gasteiger partial charge in [0.05, 0.1) is 17.4 Å². The van der Waals surface area contributed by atoms with Crippen LogP contribution in [0.15, 0.2) is 23.4 Å². The summed E-state index contributed by atoms with van der Waals surface area (Å²) in [7, 11) is 1.75. The average Bonchev–Trinajstić information content (AvgIpc) is 2.27. The number of fused-ring (bicyclic) bond motifs is 1. The maximum atomic E-state index is 12.1. The fourth-order valence-corrected chi connectivity index (χ4v) is 2.58. The lowest BCUT2D eigenvalue weighted by molar-refractivity contribution is -0.135. The highest BCUT2D eigenvalue weighted by atomic mass is 16.2. The Hall–Kier alpha value is -1.56. The van der Waals surface area contributed by atoms with Gasteiger partial charge in [-0.05, 0) is 32.8 Å². The predicted molar refractivity (Wildman–Crippen MR) is 61.1 cm³/mol. The molecule has 0 spiro atoms. The summed E-state index contributed by atoms with van der Waals surface area (Å²) in [5, 5.41) is 9.39. The highest BCUT2D eigenvalue weighted by Gasteiger charge is 2.47. The van der Waals surface area contributed by atoms with Gasteiger partial charge in [0.15, 0.2) is 0 Å². The molecule has 16 heavy (non-hydrogen) atoms. The number of hydrogen-bond donors (Lipinski definition) is 0. The Balaban J connectivity index is 2.50. The summed E-state index contributed by atoms with van der Waals surface area (Å²) < 4.78 is 0. The van der Waals surface area contributed by atoms with Crippen LogP contribution in [-0.4, -0.2) is 17.9 Å². The Morgan fingerprint density at radius 2 is 2.19 bits per heavy atom. The highest BCUT2D eigenvalue weighted by Crippen LogP contribution is 2.47. The molecule has 0 N–H and O–H groups in total. The van der Waals surface area contributed by atoms with Crippen LogP contribution in [0, 0.1) is 22.7 Å². The van der Waals surface area contributed by atoms with Crippen LogP contribution in [0.1, 0.15) is 26.7 Å². The Kier molecular flexibility index (Phi) is 2.38. The smallest absolute Gasteiger partial charge is 0.231 e. The second kappa shape index (κ2) is 3.48. The fourth-order valence-electron chi connectivity index (χ4n) is 2.58. The molecular weight excluding hydrogens is 200 g/mol. The molecule has 0 aromatic heterocycles. The highest BCUT2D eigenvalue weighted by molar-refractivity contribution is 5.83. The topological polar surface area (TPSA) is 44.1 Å². The number of nitrogens with zero attached hydrogens (tertiary/aromatic N) is 2. The van der Waals surface area contributed by atoms with E-state index in [1.54, 1.807) is 18.1 Å². The van der Waals surface area contributed by atoms with Gasteiger partial charge in [-0.25, -0.2) is 0 Å². The van der Waals surface area contributed by atoms with Crippen molar-refractivity contribution in [2.75, 3.05) is 7.05 Å². The molecule has 3 heteroatoms. The van der Waals surface area contributed by atoms with Crippen molar-refractivity contribution in [1.29, 1.82) is 5.26 Å². The van der Waals surface area contributed by atoms with E-state index in [0.717, 1.165) is 0 Å². The van der Waals surface area contributed by atoms with E-state index in [9.17, 15) is 10.1 Å². The van der Waals surface area contributed by atoms with Crippen molar-refractivity contribution in [3.8, 4) is 6.07 Å². The molecule has 2 atom stereocenters. The zero-order valence-electron chi connectivity index (χ0n) is 9.95. The molecule has 0 aromatic rings. The van der Waals surface area contributed by atoms with Gasteiger partial charge in [0.1, 0.15) is 0 Å². The second-order valence-corrected chi connectivity index (χ2v) is 4.91. The molecule has 1 aliphatic carbocycles. The van der Waals surface area contributed by atoms with E-state index < -0.39 is 5.41 Å². The predicted octanol–water partition coefficient (Wildman–Crippen LogP) is 2.23. The fraction of sp³-hybridized carbons (Fsp3) is 0.538. The third-order valence-corrected chi connectivity index (χ3v) is 3.87.